The highest BCUT2D eigenvalue weighted by atomic mass is 16.5. The third kappa shape index (κ3) is 2.36. The fourth-order valence-corrected chi connectivity index (χ4v) is 2.10. The lowest BCUT2D eigenvalue weighted by molar-refractivity contribution is 0.154. The van der Waals surface area contributed by atoms with E-state index in [0.717, 1.165) is 12.4 Å². The van der Waals surface area contributed by atoms with Gasteiger partial charge in [0, 0.05) is 24.1 Å². The van der Waals surface area contributed by atoms with Gasteiger partial charge in [0.2, 0.25) is 0 Å². The normalized spacial score (nSPS) is 25.7. The van der Waals surface area contributed by atoms with Gasteiger partial charge in [-0.05, 0) is 13.0 Å². The maximum Gasteiger partial charge on any atom is 0.124 e. The molecule has 0 saturated carbocycles. The van der Waals surface area contributed by atoms with Crippen LogP contribution in [0.1, 0.15) is 25.5 Å². The van der Waals surface area contributed by atoms with Crippen LogP contribution in [0.25, 0.3) is 0 Å². The molecule has 16 heavy (non-hydrogen) atoms. The van der Waals surface area contributed by atoms with Crippen molar-refractivity contribution in [1.29, 1.82) is 0 Å². The number of fused-ring (bicyclic) bond motifs is 1. The predicted octanol–water partition coefficient (Wildman–Crippen LogP) is 1.73. The number of aliphatic hydroxyl groups excluding tert-OH is 1. The first kappa shape index (κ1) is 11.4. The van der Waals surface area contributed by atoms with Crippen LogP contribution < -0.4 is 10.1 Å². The smallest absolute Gasteiger partial charge is 0.124 e. The van der Waals surface area contributed by atoms with Gasteiger partial charge in [0.25, 0.3) is 0 Å². The van der Waals surface area contributed by atoms with E-state index >= 15 is 0 Å². The number of nitrogens with one attached hydrogen (secondary N) is 1. The Hall–Kier alpha value is -1.06. The first-order valence-corrected chi connectivity index (χ1v) is 5.81. The van der Waals surface area contributed by atoms with Crippen LogP contribution in [0, 0.1) is 5.92 Å². The van der Waals surface area contributed by atoms with Gasteiger partial charge in [-0.15, -0.1) is 0 Å². The van der Waals surface area contributed by atoms with E-state index in [1.807, 2.05) is 18.2 Å². The molecule has 0 fully saturated rings. The third-order valence-electron chi connectivity index (χ3n) is 2.96. The molecule has 0 aromatic heterocycles. The molecule has 0 radical (unpaired) electrons. The molecule has 0 saturated heterocycles. The summed E-state index contributed by atoms with van der Waals surface area (Å²) in [6.07, 6.45) is -0.317. The van der Waals surface area contributed by atoms with Crippen molar-refractivity contribution < 1.29 is 9.84 Å². The third-order valence-corrected chi connectivity index (χ3v) is 2.96. The van der Waals surface area contributed by atoms with E-state index in [1.54, 1.807) is 6.92 Å². The maximum absolute atomic E-state index is 9.32. The quantitative estimate of drug-likeness (QED) is 0.816. The number of hydrogen-bond donors (Lipinski definition) is 2. The molecular formula is C13H19NO2. The Bertz CT molecular complexity index is 352. The van der Waals surface area contributed by atoms with Crippen molar-refractivity contribution >= 4 is 0 Å². The van der Waals surface area contributed by atoms with Crippen LogP contribution in [0.5, 0.6) is 5.75 Å². The van der Waals surface area contributed by atoms with Crippen LogP contribution in [0.15, 0.2) is 24.3 Å². The van der Waals surface area contributed by atoms with Crippen LogP contribution >= 0.6 is 0 Å². The molecule has 1 aromatic rings. The van der Waals surface area contributed by atoms with Crippen molar-refractivity contribution in [2.24, 2.45) is 5.92 Å². The minimum Gasteiger partial charge on any atom is -0.493 e. The number of hydrogen-bond acceptors (Lipinski definition) is 3. The summed E-state index contributed by atoms with van der Waals surface area (Å²) in [4.78, 5) is 0. The maximum atomic E-state index is 9.32. The van der Waals surface area contributed by atoms with Gasteiger partial charge in [0.1, 0.15) is 5.75 Å². The minimum absolute atomic E-state index is 0.277. The topological polar surface area (TPSA) is 41.5 Å². The number of rotatable bonds is 3. The van der Waals surface area contributed by atoms with Crippen molar-refractivity contribution in [2.45, 2.75) is 26.0 Å². The second kappa shape index (κ2) is 4.85. The molecule has 1 heterocycles. The zero-order chi connectivity index (χ0) is 11.5. The molecule has 3 nitrogen and oxygen atoms in total. The highest BCUT2D eigenvalue weighted by Crippen LogP contribution is 2.34. The van der Waals surface area contributed by atoms with Crippen LogP contribution in [0.2, 0.25) is 0 Å². The van der Waals surface area contributed by atoms with Gasteiger partial charge in [-0.3, -0.25) is 0 Å². The number of aliphatic hydroxyl groups is 1. The summed E-state index contributed by atoms with van der Waals surface area (Å²) in [5, 5.41) is 12.7. The summed E-state index contributed by atoms with van der Waals surface area (Å²) < 4.78 is 5.67. The average Bonchev–Trinajstić information content (AvgIpc) is 2.27. The predicted molar refractivity (Wildman–Crippen MR) is 63.5 cm³/mol. The lowest BCUT2D eigenvalue weighted by atomic mass is 9.92. The Morgan fingerprint density at radius 2 is 2.25 bits per heavy atom. The highest BCUT2D eigenvalue weighted by Gasteiger charge is 2.27. The molecule has 3 atom stereocenters. The highest BCUT2D eigenvalue weighted by molar-refractivity contribution is 5.37. The standard InChI is InChI=1S/C13H19NO2/c1-9-8-16-12-6-4-3-5-11(12)13(9)14-7-10(2)15/h3-6,9-10,13-15H,7-8H2,1-2H3. The van der Waals surface area contributed by atoms with Crippen LogP contribution in [0.4, 0.5) is 0 Å². The van der Waals surface area contributed by atoms with Gasteiger partial charge in [0.05, 0.1) is 12.7 Å². The number of para-hydroxylation sites is 1. The molecule has 1 aliphatic heterocycles. The molecule has 2 rings (SSSR count). The van der Waals surface area contributed by atoms with E-state index in [2.05, 4.69) is 18.3 Å². The van der Waals surface area contributed by atoms with Crippen LogP contribution in [0.3, 0.4) is 0 Å². The molecular weight excluding hydrogens is 202 g/mol. The van der Waals surface area contributed by atoms with Crippen molar-refractivity contribution in [2.75, 3.05) is 13.2 Å². The monoisotopic (exact) mass is 221 g/mol. The summed E-state index contributed by atoms with van der Waals surface area (Å²) in [6, 6.07) is 8.38. The molecule has 0 spiro atoms. The van der Waals surface area contributed by atoms with Crippen molar-refractivity contribution in [3.05, 3.63) is 29.8 Å². The Labute approximate surface area is 96.4 Å². The molecule has 0 aliphatic carbocycles. The van der Waals surface area contributed by atoms with E-state index in [0.29, 0.717) is 12.5 Å². The van der Waals surface area contributed by atoms with E-state index < -0.39 is 0 Å². The Morgan fingerprint density at radius 1 is 1.50 bits per heavy atom. The van der Waals surface area contributed by atoms with Crippen LogP contribution in [-0.2, 0) is 0 Å². The van der Waals surface area contributed by atoms with Gasteiger partial charge < -0.3 is 15.2 Å². The van der Waals surface area contributed by atoms with Gasteiger partial charge in [-0.25, -0.2) is 0 Å². The van der Waals surface area contributed by atoms with Gasteiger partial charge in [-0.1, -0.05) is 25.1 Å². The fraction of sp³-hybridized carbons (Fsp3) is 0.538. The molecule has 0 bridgehead atoms. The molecule has 1 aliphatic rings. The zero-order valence-corrected chi connectivity index (χ0v) is 9.81. The second-order valence-corrected chi connectivity index (χ2v) is 4.56. The first-order valence-electron chi connectivity index (χ1n) is 5.81. The Balaban J connectivity index is 2.16. The van der Waals surface area contributed by atoms with E-state index in [-0.39, 0.29) is 12.1 Å². The zero-order valence-electron chi connectivity index (χ0n) is 9.81. The van der Waals surface area contributed by atoms with Crippen molar-refractivity contribution in [1.82, 2.24) is 5.32 Å². The Morgan fingerprint density at radius 3 is 3.00 bits per heavy atom. The van der Waals surface area contributed by atoms with Crippen LogP contribution in [-0.4, -0.2) is 24.4 Å². The summed E-state index contributed by atoms with van der Waals surface area (Å²) >= 11 is 0. The van der Waals surface area contributed by atoms with Gasteiger partial charge in [0.15, 0.2) is 0 Å². The van der Waals surface area contributed by atoms with Gasteiger partial charge in [-0.2, -0.15) is 0 Å². The summed E-state index contributed by atoms with van der Waals surface area (Å²) in [6.45, 7) is 5.30. The largest absolute Gasteiger partial charge is 0.493 e. The SMILES string of the molecule is CC(O)CNC1c2ccccc2OCC1C. The van der Waals surface area contributed by atoms with E-state index in [9.17, 15) is 5.11 Å². The Kier molecular flexibility index (Phi) is 3.46. The van der Waals surface area contributed by atoms with E-state index in [4.69, 9.17) is 4.74 Å². The second-order valence-electron chi connectivity index (χ2n) is 4.56. The number of benzene rings is 1. The van der Waals surface area contributed by atoms with E-state index in [1.165, 1.54) is 5.56 Å². The average molecular weight is 221 g/mol. The molecule has 88 valence electrons. The molecule has 3 unspecified atom stereocenters. The molecule has 3 heteroatoms. The van der Waals surface area contributed by atoms with Gasteiger partial charge >= 0.3 is 0 Å². The summed E-state index contributed by atoms with van der Waals surface area (Å²) in [5.41, 5.74) is 1.20. The molecule has 0 amide bonds. The lowest BCUT2D eigenvalue weighted by Gasteiger charge is -2.32. The number of ether oxygens (including phenoxy) is 1. The first-order chi connectivity index (χ1) is 7.68. The fourth-order valence-electron chi connectivity index (χ4n) is 2.10. The van der Waals surface area contributed by atoms with Crippen molar-refractivity contribution in [3.63, 3.8) is 0 Å². The summed E-state index contributed by atoms with van der Waals surface area (Å²) in [5.74, 6) is 1.39. The molecule has 1 aromatic carbocycles. The molecule has 2 N–H and O–H groups in total. The summed E-state index contributed by atoms with van der Waals surface area (Å²) in [7, 11) is 0. The lowest BCUT2D eigenvalue weighted by Crippen LogP contribution is -2.37. The van der Waals surface area contributed by atoms with Crippen molar-refractivity contribution in [3.8, 4) is 5.75 Å². The minimum atomic E-state index is -0.317.